The highest BCUT2D eigenvalue weighted by Crippen LogP contribution is 2.17. The molecule has 0 aliphatic rings. The van der Waals surface area contributed by atoms with Crippen molar-refractivity contribution in [3.63, 3.8) is 0 Å². The molecule has 1 aromatic rings. The van der Waals surface area contributed by atoms with Crippen molar-refractivity contribution in [3.8, 4) is 11.5 Å². The number of phenolic OH excluding ortho intramolecular Hbond substituents is 1. The number of hydrogen-bond acceptors (Lipinski definition) is 5. The van der Waals surface area contributed by atoms with Gasteiger partial charge in [0, 0.05) is 6.61 Å². The highest BCUT2D eigenvalue weighted by molar-refractivity contribution is 5.74. The SMILES string of the molecule is CCOCCOC(=O)C(C)Oc1ccc(O)cc1. The molecule has 0 aliphatic carbocycles. The van der Waals surface area contributed by atoms with Gasteiger partial charge in [0.2, 0.25) is 0 Å². The third-order valence-electron chi connectivity index (χ3n) is 2.16. The van der Waals surface area contributed by atoms with Gasteiger partial charge >= 0.3 is 5.97 Å². The lowest BCUT2D eigenvalue weighted by Crippen LogP contribution is -2.27. The van der Waals surface area contributed by atoms with Crippen LogP contribution in [0.4, 0.5) is 0 Å². The third kappa shape index (κ3) is 5.05. The molecule has 0 amide bonds. The second-order valence-corrected chi connectivity index (χ2v) is 3.62. The van der Waals surface area contributed by atoms with Crippen LogP contribution < -0.4 is 4.74 Å². The Hall–Kier alpha value is -1.75. The van der Waals surface area contributed by atoms with Gasteiger partial charge in [-0.15, -0.1) is 0 Å². The molecule has 1 N–H and O–H groups in total. The van der Waals surface area contributed by atoms with Crippen LogP contribution in [0.5, 0.6) is 11.5 Å². The topological polar surface area (TPSA) is 65.0 Å². The Morgan fingerprint density at radius 1 is 1.28 bits per heavy atom. The molecule has 0 saturated carbocycles. The summed E-state index contributed by atoms with van der Waals surface area (Å²) in [4.78, 5) is 11.5. The lowest BCUT2D eigenvalue weighted by molar-refractivity contribution is -0.152. The Balaban J connectivity index is 2.33. The van der Waals surface area contributed by atoms with E-state index in [1.165, 1.54) is 12.1 Å². The molecule has 0 spiro atoms. The van der Waals surface area contributed by atoms with E-state index in [1.807, 2.05) is 6.92 Å². The Morgan fingerprint density at radius 3 is 2.56 bits per heavy atom. The van der Waals surface area contributed by atoms with Crippen molar-refractivity contribution in [2.24, 2.45) is 0 Å². The summed E-state index contributed by atoms with van der Waals surface area (Å²) in [5, 5.41) is 9.11. The van der Waals surface area contributed by atoms with E-state index in [0.717, 1.165) is 0 Å². The lowest BCUT2D eigenvalue weighted by atomic mass is 10.3. The summed E-state index contributed by atoms with van der Waals surface area (Å²) in [6, 6.07) is 6.14. The van der Waals surface area contributed by atoms with Crippen LogP contribution in [0, 0.1) is 0 Å². The Labute approximate surface area is 106 Å². The van der Waals surface area contributed by atoms with Gasteiger partial charge in [0.05, 0.1) is 6.61 Å². The second-order valence-electron chi connectivity index (χ2n) is 3.62. The quantitative estimate of drug-likeness (QED) is 0.593. The van der Waals surface area contributed by atoms with Gasteiger partial charge in [0.1, 0.15) is 18.1 Å². The standard InChI is InChI=1S/C13H18O5/c1-3-16-8-9-17-13(15)10(2)18-12-6-4-11(14)5-7-12/h4-7,10,14H,3,8-9H2,1-2H3. The van der Waals surface area contributed by atoms with Crippen LogP contribution in [0.25, 0.3) is 0 Å². The predicted molar refractivity (Wildman–Crippen MR) is 65.6 cm³/mol. The first-order valence-corrected chi connectivity index (χ1v) is 5.83. The zero-order valence-corrected chi connectivity index (χ0v) is 10.6. The van der Waals surface area contributed by atoms with Gasteiger partial charge in [-0.1, -0.05) is 0 Å². The van der Waals surface area contributed by atoms with E-state index in [1.54, 1.807) is 19.1 Å². The summed E-state index contributed by atoms with van der Waals surface area (Å²) in [6.07, 6.45) is -0.698. The molecule has 1 rings (SSSR count). The first-order valence-electron chi connectivity index (χ1n) is 5.83. The van der Waals surface area contributed by atoms with E-state index in [2.05, 4.69) is 0 Å². The number of esters is 1. The van der Waals surface area contributed by atoms with Crippen molar-refractivity contribution in [3.05, 3.63) is 24.3 Å². The largest absolute Gasteiger partial charge is 0.508 e. The highest BCUT2D eigenvalue weighted by atomic mass is 16.6. The molecule has 0 saturated heterocycles. The van der Waals surface area contributed by atoms with E-state index < -0.39 is 12.1 Å². The lowest BCUT2D eigenvalue weighted by Gasteiger charge is -2.13. The Bertz CT molecular complexity index is 360. The van der Waals surface area contributed by atoms with Crippen molar-refractivity contribution in [1.29, 1.82) is 0 Å². The zero-order valence-electron chi connectivity index (χ0n) is 10.6. The van der Waals surface area contributed by atoms with Crippen molar-refractivity contribution in [1.82, 2.24) is 0 Å². The summed E-state index contributed by atoms with van der Waals surface area (Å²) in [5.41, 5.74) is 0. The molecule has 18 heavy (non-hydrogen) atoms. The maximum Gasteiger partial charge on any atom is 0.347 e. The minimum atomic E-state index is -0.698. The van der Waals surface area contributed by atoms with Gasteiger partial charge in [-0.3, -0.25) is 0 Å². The fourth-order valence-electron chi connectivity index (χ4n) is 1.24. The molecule has 100 valence electrons. The molecule has 1 aromatic carbocycles. The van der Waals surface area contributed by atoms with E-state index in [4.69, 9.17) is 19.3 Å². The highest BCUT2D eigenvalue weighted by Gasteiger charge is 2.16. The Kier molecular flexibility index (Phi) is 6.00. The fraction of sp³-hybridized carbons (Fsp3) is 0.462. The van der Waals surface area contributed by atoms with Crippen LogP contribution in [-0.4, -0.2) is 37.0 Å². The third-order valence-corrected chi connectivity index (χ3v) is 2.16. The number of rotatable bonds is 7. The molecule has 0 radical (unpaired) electrons. The molecule has 0 bridgehead atoms. The first kappa shape index (κ1) is 14.3. The number of benzene rings is 1. The number of carbonyl (C=O) groups is 1. The number of phenols is 1. The summed E-state index contributed by atoms with van der Waals surface area (Å²) in [7, 11) is 0. The maximum absolute atomic E-state index is 11.5. The van der Waals surface area contributed by atoms with E-state index in [0.29, 0.717) is 19.0 Å². The average molecular weight is 254 g/mol. The second kappa shape index (κ2) is 7.55. The van der Waals surface area contributed by atoms with Crippen LogP contribution in [0.15, 0.2) is 24.3 Å². The average Bonchev–Trinajstić information content (AvgIpc) is 2.37. The molecule has 5 heteroatoms. The minimum Gasteiger partial charge on any atom is -0.508 e. The minimum absolute atomic E-state index is 0.147. The normalized spacial score (nSPS) is 11.9. The summed E-state index contributed by atoms with van der Waals surface area (Å²) in [6.45, 7) is 4.68. The smallest absolute Gasteiger partial charge is 0.347 e. The van der Waals surface area contributed by atoms with Crippen molar-refractivity contribution < 1.29 is 24.1 Å². The summed E-state index contributed by atoms with van der Waals surface area (Å²) in [5.74, 6) is 0.208. The molecular formula is C13H18O5. The van der Waals surface area contributed by atoms with E-state index in [-0.39, 0.29) is 12.4 Å². The van der Waals surface area contributed by atoms with Crippen molar-refractivity contribution in [2.75, 3.05) is 19.8 Å². The number of hydrogen-bond donors (Lipinski definition) is 1. The summed E-state index contributed by atoms with van der Waals surface area (Å²) >= 11 is 0. The molecule has 5 nitrogen and oxygen atoms in total. The van der Waals surface area contributed by atoms with Gasteiger partial charge in [-0.25, -0.2) is 4.79 Å². The number of aromatic hydroxyl groups is 1. The Morgan fingerprint density at radius 2 is 1.94 bits per heavy atom. The molecule has 0 fully saturated rings. The van der Waals surface area contributed by atoms with Crippen LogP contribution in [0.1, 0.15) is 13.8 Å². The molecule has 1 unspecified atom stereocenters. The van der Waals surface area contributed by atoms with Crippen LogP contribution in [0.2, 0.25) is 0 Å². The van der Waals surface area contributed by atoms with Gasteiger partial charge in [0.15, 0.2) is 6.10 Å². The molecular weight excluding hydrogens is 236 g/mol. The van der Waals surface area contributed by atoms with Gasteiger partial charge in [-0.05, 0) is 38.1 Å². The predicted octanol–water partition coefficient (Wildman–Crippen LogP) is 1.74. The van der Waals surface area contributed by atoms with Crippen molar-refractivity contribution in [2.45, 2.75) is 20.0 Å². The van der Waals surface area contributed by atoms with E-state index >= 15 is 0 Å². The molecule has 0 aromatic heterocycles. The van der Waals surface area contributed by atoms with Gasteiger partial charge in [0.25, 0.3) is 0 Å². The number of ether oxygens (including phenoxy) is 3. The monoisotopic (exact) mass is 254 g/mol. The first-order chi connectivity index (χ1) is 8.63. The molecule has 0 heterocycles. The summed E-state index contributed by atoms with van der Waals surface area (Å²) < 4.78 is 15.4. The van der Waals surface area contributed by atoms with E-state index in [9.17, 15) is 4.79 Å². The van der Waals surface area contributed by atoms with Crippen LogP contribution in [-0.2, 0) is 14.3 Å². The molecule has 0 aliphatic heterocycles. The zero-order chi connectivity index (χ0) is 13.4. The van der Waals surface area contributed by atoms with Crippen LogP contribution in [0.3, 0.4) is 0 Å². The van der Waals surface area contributed by atoms with Crippen LogP contribution >= 0.6 is 0 Å². The fourth-order valence-corrected chi connectivity index (χ4v) is 1.24. The number of carbonyl (C=O) groups excluding carboxylic acids is 1. The molecule has 1 atom stereocenters. The van der Waals surface area contributed by atoms with Crippen molar-refractivity contribution >= 4 is 5.97 Å². The van der Waals surface area contributed by atoms with Gasteiger partial charge < -0.3 is 19.3 Å². The van der Waals surface area contributed by atoms with Gasteiger partial charge in [-0.2, -0.15) is 0 Å². The maximum atomic E-state index is 11.5.